The fourth-order valence-corrected chi connectivity index (χ4v) is 2.61. The van der Waals surface area contributed by atoms with Crippen LogP contribution in [0.2, 0.25) is 0 Å². The number of carbonyl (C=O) groups excluding carboxylic acids is 1. The highest BCUT2D eigenvalue weighted by Gasteiger charge is 2.46. The van der Waals surface area contributed by atoms with Crippen LogP contribution in [0.5, 0.6) is 0 Å². The second kappa shape index (κ2) is 3.37. The maximum absolute atomic E-state index is 11.8. The lowest BCUT2D eigenvalue weighted by Gasteiger charge is -2.33. The first kappa shape index (κ1) is 10.7. The summed E-state index contributed by atoms with van der Waals surface area (Å²) in [5.74, 6) is 0.595. The molecule has 2 fully saturated rings. The summed E-state index contributed by atoms with van der Waals surface area (Å²) in [6, 6.07) is 0.362. The highest BCUT2D eigenvalue weighted by Crippen LogP contribution is 2.37. The van der Waals surface area contributed by atoms with Crippen LogP contribution >= 0.6 is 0 Å². The van der Waals surface area contributed by atoms with E-state index in [4.69, 9.17) is 10.5 Å². The molecule has 0 aromatic heterocycles. The van der Waals surface area contributed by atoms with Crippen LogP contribution < -0.4 is 5.73 Å². The SMILES string of the molecule is CC(C)(C)OC(=O)N1CC2C[C@@H]1[C@@H](N)C2. The molecule has 4 heteroatoms. The van der Waals surface area contributed by atoms with Crippen molar-refractivity contribution in [2.75, 3.05) is 6.54 Å². The van der Waals surface area contributed by atoms with Gasteiger partial charge in [0.15, 0.2) is 0 Å². The highest BCUT2D eigenvalue weighted by molar-refractivity contribution is 5.69. The molecule has 15 heavy (non-hydrogen) atoms. The first-order chi connectivity index (χ1) is 6.87. The van der Waals surface area contributed by atoms with Crippen molar-refractivity contribution in [1.29, 1.82) is 0 Å². The van der Waals surface area contributed by atoms with Gasteiger partial charge in [0.2, 0.25) is 0 Å². The van der Waals surface area contributed by atoms with Gasteiger partial charge in [0.05, 0.1) is 6.04 Å². The number of rotatable bonds is 0. The van der Waals surface area contributed by atoms with Gasteiger partial charge in [-0.1, -0.05) is 0 Å². The third-order valence-electron chi connectivity index (χ3n) is 3.16. The summed E-state index contributed by atoms with van der Waals surface area (Å²) in [5, 5.41) is 0. The molecule has 1 saturated heterocycles. The van der Waals surface area contributed by atoms with Crippen molar-refractivity contribution in [2.45, 2.75) is 51.3 Å². The van der Waals surface area contributed by atoms with E-state index in [1.54, 1.807) is 0 Å². The molecular formula is C11H20N2O2. The summed E-state index contributed by atoms with van der Waals surface area (Å²) in [7, 11) is 0. The second-order valence-electron chi connectivity index (χ2n) is 5.70. The number of ether oxygens (including phenoxy) is 1. The van der Waals surface area contributed by atoms with Crippen molar-refractivity contribution in [1.82, 2.24) is 4.90 Å². The summed E-state index contributed by atoms with van der Waals surface area (Å²) < 4.78 is 5.35. The van der Waals surface area contributed by atoms with Crippen molar-refractivity contribution in [3.63, 3.8) is 0 Å². The lowest BCUT2D eigenvalue weighted by Crippen LogP contribution is -2.49. The van der Waals surface area contributed by atoms with Crippen LogP contribution in [0, 0.1) is 5.92 Å². The van der Waals surface area contributed by atoms with E-state index in [1.165, 1.54) is 0 Å². The number of carbonyl (C=O) groups is 1. The molecule has 1 aliphatic carbocycles. The number of amides is 1. The fourth-order valence-electron chi connectivity index (χ4n) is 2.61. The Hall–Kier alpha value is -0.770. The van der Waals surface area contributed by atoms with Crippen molar-refractivity contribution >= 4 is 6.09 Å². The molecule has 1 amide bonds. The van der Waals surface area contributed by atoms with Gasteiger partial charge in [0, 0.05) is 12.6 Å². The average molecular weight is 212 g/mol. The molecule has 86 valence electrons. The van der Waals surface area contributed by atoms with Crippen LogP contribution in [0.1, 0.15) is 33.6 Å². The Labute approximate surface area is 90.8 Å². The topological polar surface area (TPSA) is 55.6 Å². The zero-order valence-corrected chi connectivity index (χ0v) is 9.69. The molecule has 0 aromatic carbocycles. The van der Waals surface area contributed by atoms with E-state index in [0.717, 1.165) is 19.4 Å². The normalized spacial score (nSPS) is 34.7. The largest absolute Gasteiger partial charge is 0.444 e. The molecule has 0 aromatic rings. The lowest BCUT2D eigenvalue weighted by molar-refractivity contribution is 0.0172. The van der Waals surface area contributed by atoms with Crippen LogP contribution in [0.4, 0.5) is 4.79 Å². The molecule has 3 atom stereocenters. The minimum absolute atomic E-state index is 0.149. The predicted molar refractivity (Wildman–Crippen MR) is 57.4 cm³/mol. The van der Waals surface area contributed by atoms with Crippen LogP contribution in [0.15, 0.2) is 0 Å². The van der Waals surface area contributed by atoms with E-state index < -0.39 is 5.60 Å². The van der Waals surface area contributed by atoms with E-state index in [2.05, 4.69) is 0 Å². The van der Waals surface area contributed by atoms with Crippen LogP contribution in [-0.4, -0.2) is 35.2 Å². The molecule has 1 heterocycles. The van der Waals surface area contributed by atoms with Gasteiger partial charge in [-0.15, -0.1) is 0 Å². The maximum atomic E-state index is 11.8. The van der Waals surface area contributed by atoms with E-state index in [1.807, 2.05) is 25.7 Å². The zero-order valence-electron chi connectivity index (χ0n) is 9.69. The third kappa shape index (κ3) is 2.09. The Morgan fingerprint density at radius 3 is 2.53 bits per heavy atom. The summed E-state index contributed by atoms with van der Waals surface area (Å²) in [4.78, 5) is 13.7. The highest BCUT2D eigenvalue weighted by atomic mass is 16.6. The molecule has 2 aliphatic rings. The average Bonchev–Trinajstić information content (AvgIpc) is 2.58. The quantitative estimate of drug-likeness (QED) is 0.659. The Kier molecular flexibility index (Phi) is 2.41. The summed E-state index contributed by atoms with van der Waals surface area (Å²) in [5.41, 5.74) is 5.55. The summed E-state index contributed by atoms with van der Waals surface area (Å²) in [6.07, 6.45) is 1.91. The zero-order chi connectivity index (χ0) is 11.2. The molecule has 2 N–H and O–H groups in total. The van der Waals surface area contributed by atoms with Crippen LogP contribution in [0.25, 0.3) is 0 Å². The van der Waals surface area contributed by atoms with Gasteiger partial charge >= 0.3 is 6.09 Å². The maximum Gasteiger partial charge on any atom is 0.410 e. The molecule has 4 nitrogen and oxygen atoms in total. The van der Waals surface area contributed by atoms with E-state index in [0.29, 0.717) is 5.92 Å². The Balaban J connectivity index is 1.98. The number of nitrogens with two attached hydrogens (primary N) is 1. The molecule has 0 radical (unpaired) electrons. The minimum Gasteiger partial charge on any atom is -0.444 e. The number of hydrogen-bond donors (Lipinski definition) is 1. The first-order valence-corrected chi connectivity index (χ1v) is 5.62. The van der Waals surface area contributed by atoms with E-state index >= 15 is 0 Å². The van der Waals surface area contributed by atoms with Gasteiger partial charge < -0.3 is 15.4 Å². The molecule has 1 saturated carbocycles. The molecule has 1 unspecified atom stereocenters. The van der Waals surface area contributed by atoms with Crippen molar-refractivity contribution in [3.05, 3.63) is 0 Å². The Morgan fingerprint density at radius 2 is 2.07 bits per heavy atom. The summed E-state index contributed by atoms with van der Waals surface area (Å²) in [6.45, 7) is 6.49. The minimum atomic E-state index is -0.414. The number of hydrogen-bond acceptors (Lipinski definition) is 3. The monoisotopic (exact) mass is 212 g/mol. The van der Waals surface area contributed by atoms with E-state index in [-0.39, 0.29) is 18.2 Å². The third-order valence-corrected chi connectivity index (χ3v) is 3.16. The smallest absolute Gasteiger partial charge is 0.410 e. The molecule has 0 spiro atoms. The fraction of sp³-hybridized carbons (Fsp3) is 0.909. The van der Waals surface area contributed by atoms with Crippen LogP contribution in [0.3, 0.4) is 0 Å². The number of piperidine rings is 1. The lowest BCUT2D eigenvalue weighted by atomic mass is 10.1. The summed E-state index contributed by atoms with van der Waals surface area (Å²) >= 11 is 0. The van der Waals surface area contributed by atoms with Gasteiger partial charge in [-0.2, -0.15) is 0 Å². The van der Waals surface area contributed by atoms with Gasteiger partial charge in [0.1, 0.15) is 5.60 Å². The van der Waals surface area contributed by atoms with Gasteiger partial charge in [-0.25, -0.2) is 4.79 Å². The Morgan fingerprint density at radius 1 is 1.40 bits per heavy atom. The number of likely N-dealkylation sites (tertiary alicyclic amines) is 1. The standard InChI is InChI=1S/C11H20N2O2/c1-11(2,3)15-10(14)13-6-7-4-8(12)9(13)5-7/h7-9H,4-6,12H2,1-3H3/t7?,8-,9+/m0/s1. The predicted octanol–water partition coefficient (Wildman–Crippen LogP) is 1.34. The van der Waals surface area contributed by atoms with Crippen LogP contribution in [-0.2, 0) is 4.74 Å². The second-order valence-corrected chi connectivity index (χ2v) is 5.70. The molecule has 2 rings (SSSR count). The molecular weight excluding hydrogens is 192 g/mol. The molecule has 2 bridgehead atoms. The van der Waals surface area contributed by atoms with Gasteiger partial charge in [0.25, 0.3) is 0 Å². The van der Waals surface area contributed by atoms with Gasteiger partial charge in [-0.3, -0.25) is 0 Å². The van der Waals surface area contributed by atoms with Crippen molar-refractivity contribution in [2.24, 2.45) is 11.7 Å². The van der Waals surface area contributed by atoms with Crippen molar-refractivity contribution < 1.29 is 9.53 Å². The number of nitrogens with zero attached hydrogens (tertiary/aromatic N) is 1. The molecule has 1 aliphatic heterocycles. The number of fused-ring (bicyclic) bond motifs is 2. The van der Waals surface area contributed by atoms with E-state index in [9.17, 15) is 4.79 Å². The van der Waals surface area contributed by atoms with Crippen molar-refractivity contribution in [3.8, 4) is 0 Å². The Bertz CT molecular complexity index is 272. The first-order valence-electron chi connectivity index (χ1n) is 5.62. The van der Waals surface area contributed by atoms with Gasteiger partial charge in [-0.05, 0) is 39.5 Å².